The summed E-state index contributed by atoms with van der Waals surface area (Å²) in [6.07, 6.45) is 3.69. The van der Waals surface area contributed by atoms with Gasteiger partial charge in [0.25, 0.3) is 0 Å². The molecule has 1 aliphatic rings. The van der Waals surface area contributed by atoms with Crippen LogP contribution >= 0.6 is 0 Å². The maximum absolute atomic E-state index is 9.46. The molecule has 11 heavy (non-hydrogen) atoms. The first kappa shape index (κ1) is 6.73. The number of aromatic nitrogens is 2. The first-order valence-corrected chi connectivity index (χ1v) is 3.77. The van der Waals surface area contributed by atoms with Crippen LogP contribution in [0.4, 0.5) is 0 Å². The third kappa shape index (κ3) is 0.922. The molecule has 2 rings (SSSR count). The highest BCUT2D eigenvalue weighted by molar-refractivity contribution is 5.27. The van der Waals surface area contributed by atoms with E-state index in [-0.39, 0.29) is 6.10 Å². The van der Waals surface area contributed by atoms with Crippen LogP contribution in [0.2, 0.25) is 0 Å². The Morgan fingerprint density at radius 3 is 3.18 bits per heavy atom. The number of nitrogens with zero attached hydrogens (tertiary/aromatic N) is 2. The molecule has 58 valence electrons. The van der Waals surface area contributed by atoms with Gasteiger partial charge in [0, 0.05) is 6.20 Å². The Hall–Kier alpha value is -0.960. The smallest absolute Gasteiger partial charge is 0.115 e. The number of hydrogen-bond acceptors (Lipinski definition) is 3. The quantitative estimate of drug-likeness (QED) is 0.600. The molecule has 0 saturated heterocycles. The van der Waals surface area contributed by atoms with Crippen molar-refractivity contribution < 1.29 is 5.11 Å². The summed E-state index contributed by atoms with van der Waals surface area (Å²) in [5.74, 6) is 0.404. The Morgan fingerprint density at radius 2 is 2.45 bits per heavy atom. The Morgan fingerprint density at radius 1 is 1.64 bits per heavy atom. The van der Waals surface area contributed by atoms with Crippen molar-refractivity contribution in [1.82, 2.24) is 9.97 Å². The Kier molecular flexibility index (Phi) is 1.39. The molecule has 0 spiro atoms. The van der Waals surface area contributed by atoms with E-state index < -0.39 is 0 Å². The monoisotopic (exact) mass is 150 g/mol. The molecule has 0 fully saturated rings. The van der Waals surface area contributed by atoms with Crippen LogP contribution in [0.25, 0.3) is 0 Å². The Bertz CT molecular complexity index is 248. The zero-order valence-electron chi connectivity index (χ0n) is 6.36. The predicted octanol–water partition coefficient (Wildman–Crippen LogP) is 1.02. The molecule has 0 bridgehead atoms. The molecule has 1 heterocycles. The average Bonchev–Trinajstić information content (AvgIpc) is 2.30. The molecule has 3 heteroatoms. The highest BCUT2D eigenvalue weighted by atomic mass is 16.3. The molecule has 1 unspecified atom stereocenters. The van der Waals surface area contributed by atoms with E-state index >= 15 is 0 Å². The summed E-state index contributed by atoms with van der Waals surface area (Å²) >= 11 is 0. The molecule has 1 aliphatic carbocycles. The van der Waals surface area contributed by atoms with Gasteiger partial charge in [0.05, 0.1) is 11.8 Å². The highest BCUT2D eigenvalue weighted by Crippen LogP contribution is 2.37. The summed E-state index contributed by atoms with van der Waals surface area (Å²) in [6.45, 7) is 2.08. The van der Waals surface area contributed by atoms with Crippen molar-refractivity contribution in [3.8, 4) is 0 Å². The van der Waals surface area contributed by atoms with Crippen LogP contribution in [-0.4, -0.2) is 15.1 Å². The second-order valence-corrected chi connectivity index (χ2v) is 3.02. The van der Waals surface area contributed by atoms with Crippen molar-refractivity contribution in [3.63, 3.8) is 0 Å². The third-order valence-electron chi connectivity index (χ3n) is 2.20. The van der Waals surface area contributed by atoms with E-state index in [0.29, 0.717) is 5.92 Å². The summed E-state index contributed by atoms with van der Waals surface area (Å²) in [5, 5.41) is 9.46. The summed E-state index contributed by atoms with van der Waals surface area (Å²) in [4.78, 5) is 7.95. The maximum atomic E-state index is 9.46. The van der Waals surface area contributed by atoms with Crippen molar-refractivity contribution in [2.45, 2.75) is 25.4 Å². The van der Waals surface area contributed by atoms with Crippen molar-refractivity contribution >= 4 is 0 Å². The van der Waals surface area contributed by atoms with Gasteiger partial charge in [-0.05, 0) is 17.9 Å². The predicted molar refractivity (Wildman–Crippen MR) is 40.0 cm³/mol. The van der Waals surface area contributed by atoms with Gasteiger partial charge >= 0.3 is 0 Å². The lowest BCUT2D eigenvalue weighted by molar-refractivity contribution is 0.170. The first-order valence-electron chi connectivity index (χ1n) is 3.77. The van der Waals surface area contributed by atoms with E-state index in [1.807, 2.05) is 0 Å². The summed E-state index contributed by atoms with van der Waals surface area (Å²) in [7, 11) is 0. The Labute approximate surface area is 65.1 Å². The zero-order valence-corrected chi connectivity index (χ0v) is 6.36. The molecule has 1 aromatic rings. The lowest BCUT2D eigenvalue weighted by Gasteiger charge is -1.99. The van der Waals surface area contributed by atoms with E-state index in [1.165, 1.54) is 6.33 Å². The van der Waals surface area contributed by atoms with E-state index in [2.05, 4.69) is 16.9 Å². The topological polar surface area (TPSA) is 46.0 Å². The molecule has 0 aromatic carbocycles. The van der Waals surface area contributed by atoms with E-state index in [9.17, 15) is 5.11 Å². The van der Waals surface area contributed by atoms with Crippen molar-refractivity contribution in [2.75, 3.05) is 0 Å². The second-order valence-electron chi connectivity index (χ2n) is 3.02. The van der Waals surface area contributed by atoms with Crippen molar-refractivity contribution in [3.05, 3.63) is 23.8 Å². The molecule has 3 nitrogen and oxygen atoms in total. The minimum Gasteiger partial charge on any atom is -0.387 e. The van der Waals surface area contributed by atoms with E-state index in [0.717, 1.165) is 17.7 Å². The molecular weight excluding hydrogens is 140 g/mol. The standard InChI is InChI=1S/C8H10N2O/c1-5-2-7(11)8-6(5)3-9-4-10-8/h3-5,7,11H,2H2,1H3/t5?,7-/m0/s1. The average molecular weight is 150 g/mol. The van der Waals surface area contributed by atoms with Crippen molar-refractivity contribution in [2.24, 2.45) is 0 Å². The fourth-order valence-corrected chi connectivity index (χ4v) is 1.58. The van der Waals surface area contributed by atoms with Crippen LogP contribution in [0, 0.1) is 0 Å². The minimum atomic E-state index is -0.372. The number of aliphatic hydroxyl groups excluding tert-OH is 1. The van der Waals surface area contributed by atoms with Crippen LogP contribution in [0.3, 0.4) is 0 Å². The van der Waals surface area contributed by atoms with Crippen LogP contribution in [0.1, 0.15) is 36.6 Å². The van der Waals surface area contributed by atoms with Gasteiger partial charge in [-0.2, -0.15) is 0 Å². The first-order chi connectivity index (χ1) is 5.29. The fraction of sp³-hybridized carbons (Fsp3) is 0.500. The van der Waals surface area contributed by atoms with E-state index in [4.69, 9.17) is 0 Å². The molecule has 0 aliphatic heterocycles. The lowest BCUT2D eigenvalue weighted by atomic mass is 10.1. The highest BCUT2D eigenvalue weighted by Gasteiger charge is 2.27. The number of aliphatic hydroxyl groups is 1. The fourth-order valence-electron chi connectivity index (χ4n) is 1.58. The minimum absolute atomic E-state index is 0.372. The van der Waals surface area contributed by atoms with Gasteiger partial charge in [-0.25, -0.2) is 9.97 Å². The molecule has 0 saturated carbocycles. The molecular formula is C8H10N2O. The summed E-state index contributed by atoms with van der Waals surface area (Å²) in [5.41, 5.74) is 1.91. The maximum Gasteiger partial charge on any atom is 0.115 e. The molecule has 0 radical (unpaired) electrons. The van der Waals surface area contributed by atoms with Crippen LogP contribution in [0.5, 0.6) is 0 Å². The SMILES string of the molecule is CC1C[C@H](O)c2ncncc21. The lowest BCUT2D eigenvalue weighted by Crippen LogP contribution is -1.94. The zero-order chi connectivity index (χ0) is 7.84. The van der Waals surface area contributed by atoms with Gasteiger partial charge in [-0.3, -0.25) is 0 Å². The van der Waals surface area contributed by atoms with Crippen molar-refractivity contribution in [1.29, 1.82) is 0 Å². The van der Waals surface area contributed by atoms with Gasteiger partial charge in [0.2, 0.25) is 0 Å². The van der Waals surface area contributed by atoms with Gasteiger partial charge < -0.3 is 5.11 Å². The number of rotatable bonds is 0. The molecule has 0 amide bonds. The summed E-state index contributed by atoms with van der Waals surface area (Å²) in [6, 6.07) is 0. The summed E-state index contributed by atoms with van der Waals surface area (Å²) < 4.78 is 0. The molecule has 1 N–H and O–H groups in total. The van der Waals surface area contributed by atoms with Gasteiger partial charge in [-0.1, -0.05) is 6.92 Å². The Balaban J connectivity index is 2.52. The normalized spacial score (nSPS) is 28.5. The van der Waals surface area contributed by atoms with Crippen LogP contribution < -0.4 is 0 Å². The van der Waals surface area contributed by atoms with E-state index in [1.54, 1.807) is 6.20 Å². The number of fused-ring (bicyclic) bond motifs is 1. The van der Waals surface area contributed by atoms with Gasteiger partial charge in [0.15, 0.2) is 0 Å². The number of hydrogen-bond donors (Lipinski definition) is 1. The van der Waals surface area contributed by atoms with Crippen LogP contribution in [-0.2, 0) is 0 Å². The molecule has 1 aromatic heterocycles. The second kappa shape index (κ2) is 2.27. The van der Waals surface area contributed by atoms with Gasteiger partial charge in [-0.15, -0.1) is 0 Å². The third-order valence-corrected chi connectivity index (χ3v) is 2.20. The largest absolute Gasteiger partial charge is 0.387 e. The molecule has 2 atom stereocenters. The van der Waals surface area contributed by atoms with Crippen LogP contribution in [0.15, 0.2) is 12.5 Å². The van der Waals surface area contributed by atoms with Gasteiger partial charge in [0.1, 0.15) is 6.33 Å².